The second-order valence-electron chi connectivity index (χ2n) is 4.64. The van der Waals surface area contributed by atoms with Crippen LogP contribution in [0.25, 0.3) is 0 Å². The third-order valence-corrected chi connectivity index (χ3v) is 3.89. The molecule has 0 spiro atoms. The Bertz CT molecular complexity index is 737. The highest BCUT2D eigenvalue weighted by molar-refractivity contribution is 7.86. The molecule has 26 heavy (non-hydrogen) atoms. The van der Waals surface area contributed by atoms with Gasteiger partial charge in [-0.25, -0.2) is 8.42 Å². The molecule has 2 aromatic carbocycles. The van der Waals surface area contributed by atoms with Gasteiger partial charge < -0.3 is 4.55 Å². The number of halogens is 3. The van der Waals surface area contributed by atoms with E-state index in [2.05, 4.69) is 0 Å². The predicted molar refractivity (Wildman–Crippen MR) is 85.8 cm³/mol. The number of rotatable bonds is 6. The highest BCUT2D eigenvalue weighted by Crippen LogP contribution is 2.27. The molecule has 0 aliphatic carbocycles. The highest BCUT2D eigenvalue weighted by atomic mass is 32.2. The van der Waals surface area contributed by atoms with Crippen LogP contribution in [0.15, 0.2) is 60.7 Å². The molecule has 0 atom stereocenters. The summed E-state index contributed by atoms with van der Waals surface area (Å²) in [6, 6.07) is 19.2. The van der Waals surface area contributed by atoms with Crippen LogP contribution in [0, 0.1) is 0 Å². The Balaban J connectivity index is 0.000000359. The van der Waals surface area contributed by atoms with Crippen LogP contribution in [-0.4, -0.2) is 18.5 Å². The first-order valence-corrected chi connectivity index (χ1v) is 9.43. The molecule has 0 aliphatic heterocycles. The third kappa shape index (κ3) is 9.02. The molecule has 0 fully saturated rings. The summed E-state index contributed by atoms with van der Waals surface area (Å²) in [6.45, 7) is 0.593. The van der Waals surface area contributed by atoms with Crippen molar-refractivity contribution in [2.45, 2.75) is 18.7 Å². The van der Waals surface area contributed by atoms with Crippen molar-refractivity contribution in [3.05, 3.63) is 71.8 Å². The fourth-order valence-electron chi connectivity index (χ4n) is 1.44. The monoisotopic (exact) mass is 410 g/mol. The summed E-state index contributed by atoms with van der Waals surface area (Å²) >= 11 is 0. The lowest BCUT2D eigenvalue weighted by Gasteiger charge is -2.08. The largest absolute Gasteiger partial charge is 0.741 e. The molecule has 2 aromatic rings. The number of hydrogen-bond acceptors (Lipinski definition) is 6. The fraction of sp³-hybridized carbons (Fsp3) is 0.200. The molecule has 2 rings (SSSR count). The van der Waals surface area contributed by atoms with Crippen LogP contribution >= 0.6 is 8.25 Å². The van der Waals surface area contributed by atoms with Gasteiger partial charge in [0.2, 0.25) is 0 Å². The van der Waals surface area contributed by atoms with Crippen molar-refractivity contribution in [1.82, 2.24) is 0 Å². The molecule has 6 nitrogen and oxygen atoms in total. The average molecular weight is 410 g/mol. The molecule has 142 valence electrons. The Morgan fingerprint density at radius 1 is 0.846 bits per heavy atom. The maximum absolute atomic E-state index is 11.5. The summed E-state index contributed by atoms with van der Waals surface area (Å²) in [4.78, 5) is 0. The molecule has 0 aromatic heterocycles. The van der Waals surface area contributed by atoms with E-state index in [-0.39, 0.29) is 0 Å². The molecule has 0 bridgehead atoms. The molecule has 11 heteroatoms. The quantitative estimate of drug-likeness (QED) is 0.404. The highest BCUT2D eigenvalue weighted by Gasteiger charge is 2.36. The Morgan fingerprint density at radius 3 is 1.42 bits per heavy atom. The lowest BCUT2D eigenvalue weighted by molar-refractivity contribution is -0.0517. The van der Waals surface area contributed by atoms with Crippen LogP contribution in [0.4, 0.5) is 13.2 Å². The summed E-state index contributed by atoms with van der Waals surface area (Å²) in [7, 11) is -8.17. The summed E-state index contributed by atoms with van der Waals surface area (Å²) in [6.07, 6.45) is 0. The second kappa shape index (κ2) is 10.3. The zero-order valence-electron chi connectivity index (χ0n) is 13.1. The number of hydrogen-bond donors (Lipinski definition) is 0. The van der Waals surface area contributed by atoms with Crippen molar-refractivity contribution >= 4 is 18.4 Å². The third-order valence-electron chi connectivity index (χ3n) is 2.64. The minimum Gasteiger partial charge on any atom is -0.741 e. The van der Waals surface area contributed by atoms with Crippen molar-refractivity contribution in [2.24, 2.45) is 0 Å². The lowest BCUT2D eigenvalue weighted by atomic mass is 10.2. The van der Waals surface area contributed by atoms with Crippen molar-refractivity contribution in [3.63, 3.8) is 0 Å². The van der Waals surface area contributed by atoms with E-state index in [1.807, 2.05) is 60.7 Å². The standard InChI is InChI=1S/C14H14O3P.CHF3O3S/c15-18(16-11-13-7-3-1-4-8-13)17-12-14-9-5-2-6-10-14;2-1(3,4)8(5,6)7/h1-10H,11-12H2;(H,5,6,7)/q+1;/p-1. The normalized spacial score (nSPS) is 11.4. The first kappa shape index (κ1) is 22.2. The minimum atomic E-state index is -6.09. The fourth-order valence-corrected chi connectivity index (χ4v) is 2.02. The van der Waals surface area contributed by atoms with Gasteiger partial charge in [0, 0.05) is 4.57 Å². The molecule has 0 unspecified atom stereocenters. The van der Waals surface area contributed by atoms with E-state index in [1.165, 1.54) is 0 Å². The zero-order chi connectivity index (χ0) is 19.6. The first-order chi connectivity index (χ1) is 12.1. The molecule has 0 saturated heterocycles. The van der Waals surface area contributed by atoms with E-state index in [9.17, 15) is 17.7 Å². The van der Waals surface area contributed by atoms with Crippen LogP contribution in [-0.2, 0) is 36.9 Å². The van der Waals surface area contributed by atoms with Gasteiger partial charge in [0.15, 0.2) is 10.1 Å². The summed E-state index contributed by atoms with van der Waals surface area (Å²) in [5.41, 5.74) is -3.69. The molecule has 0 radical (unpaired) electrons. The smallest absolute Gasteiger partial charge is 0.698 e. The predicted octanol–water partition coefficient (Wildman–Crippen LogP) is 4.13. The molecule has 0 aliphatic rings. The Kier molecular flexibility index (Phi) is 8.83. The Labute approximate surface area is 149 Å². The molecule has 0 heterocycles. The Hall–Kier alpha value is -1.84. The van der Waals surface area contributed by atoms with Crippen molar-refractivity contribution in [1.29, 1.82) is 0 Å². The van der Waals surface area contributed by atoms with Gasteiger partial charge in [0.1, 0.15) is 13.2 Å². The summed E-state index contributed by atoms with van der Waals surface area (Å²) in [5, 5.41) is 0. The zero-order valence-corrected chi connectivity index (χ0v) is 14.8. The van der Waals surface area contributed by atoms with Crippen LogP contribution in [0.5, 0.6) is 0 Å². The van der Waals surface area contributed by atoms with Crippen LogP contribution < -0.4 is 0 Å². The van der Waals surface area contributed by atoms with Gasteiger partial charge in [-0.05, 0) is 11.1 Å². The molecule has 0 amide bonds. The SMILES string of the molecule is O=S(=O)([O-])C(F)(F)F.O=[P+](OCc1ccccc1)OCc1ccccc1. The van der Waals surface area contributed by atoms with Crippen molar-refractivity contribution < 1.29 is 39.8 Å². The molecular formula is C15H14F3O6PS. The van der Waals surface area contributed by atoms with E-state index in [1.54, 1.807) is 0 Å². The van der Waals surface area contributed by atoms with Gasteiger partial charge in [-0.2, -0.15) is 13.2 Å². The summed E-state index contributed by atoms with van der Waals surface area (Å²) < 4.78 is 80.7. The number of benzene rings is 2. The maximum Gasteiger partial charge on any atom is 0.698 e. The van der Waals surface area contributed by atoms with Gasteiger partial charge in [0.25, 0.3) is 0 Å². The van der Waals surface area contributed by atoms with Crippen LogP contribution in [0.2, 0.25) is 0 Å². The van der Waals surface area contributed by atoms with E-state index in [4.69, 9.17) is 22.0 Å². The number of alkyl halides is 3. The molecule has 0 saturated carbocycles. The van der Waals surface area contributed by atoms with Crippen LogP contribution in [0.1, 0.15) is 11.1 Å². The van der Waals surface area contributed by atoms with E-state index < -0.39 is 23.9 Å². The molecular weight excluding hydrogens is 396 g/mol. The van der Waals surface area contributed by atoms with E-state index in [0.717, 1.165) is 11.1 Å². The molecule has 0 N–H and O–H groups in total. The van der Waals surface area contributed by atoms with Crippen LogP contribution in [0.3, 0.4) is 0 Å². The topological polar surface area (TPSA) is 92.7 Å². The average Bonchev–Trinajstić information content (AvgIpc) is 2.59. The summed E-state index contributed by atoms with van der Waals surface area (Å²) in [5.74, 6) is 0. The first-order valence-electron chi connectivity index (χ1n) is 6.92. The Morgan fingerprint density at radius 2 is 1.15 bits per heavy atom. The van der Waals surface area contributed by atoms with E-state index >= 15 is 0 Å². The lowest BCUT2D eigenvalue weighted by Crippen LogP contribution is -2.21. The van der Waals surface area contributed by atoms with E-state index in [0.29, 0.717) is 13.2 Å². The van der Waals surface area contributed by atoms with Crippen molar-refractivity contribution in [2.75, 3.05) is 0 Å². The van der Waals surface area contributed by atoms with Gasteiger partial charge >= 0.3 is 13.8 Å². The van der Waals surface area contributed by atoms with Crippen molar-refractivity contribution in [3.8, 4) is 0 Å². The van der Waals surface area contributed by atoms with Gasteiger partial charge in [-0.1, -0.05) is 60.7 Å². The second-order valence-corrected chi connectivity index (χ2v) is 6.98. The van der Waals surface area contributed by atoms with Gasteiger partial charge in [-0.15, -0.1) is 9.05 Å². The maximum atomic E-state index is 11.5. The van der Waals surface area contributed by atoms with Gasteiger partial charge in [-0.3, -0.25) is 0 Å². The minimum absolute atomic E-state index is 0.296. The van der Waals surface area contributed by atoms with Gasteiger partial charge in [0.05, 0.1) is 0 Å².